The zero-order valence-electron chi connectivity index (χ0n) is 13.4. The van der Waals surface area contributed by atoms with Crippen LogP contribution in [0.5, 0.6) is 5.75 Å². The summed E-state index contributed by atoms with van der Waals surface area (Å²) in [5, 5.41) is 10.6. The van der Waals surface area contributed by atoms with Crippen LogP contribution in [0.15, 0.2) is 72.8 Å². The Bertz CT molecular complexity index is 794. The van der Waals surface area contributed by atoms with E-state index in [1.165, 1.54) is 5.56 Å². The maximum absolute atomic E-state index is 10.6. The summed E-state index contributed by atoms with van der Waals surface area (Å²) in [6.45, 7) is 2.07. The Morgan fingerprint density at radius 3 is 2.30 bits per heavy atom. The van der Waals surface area contributed by atoms with Gasteiger partial charge < -0.3 is 9.84 Å². The lowest BCUT2D eigenvalue weighted by Gasteiger charge is -2.15. The molecule has 23 heavy (non-hydrogen) atoms. The van der Waals surface area contributed by atoms with Crippen LogP contribution in [0, 0.1) is 6.92 Å². The van der Waals surface area contributed by atoms with Crippen LogP contribution in [-0.4, -0.2) is 12.2 Å². The molecule has 0 heterocycles. The molecule has 0 radical (unpaired) electrons. The van der Waals surface area contributed by atoms with Crippen molar-refractivity contribution in [1.29, 1.82) is 0 Å². The van der Waals surface area contributed by atoms with Crippen molar-refractivity contribution >= 4 is 0 Å². The second-order valence-electron chi connectivity index (χ2n) is 5.64. The topological polar surface area (TPSA) is 29.5 Å². The summed E-state index contributed by atoms with van der Waals surface area (Å²) >= 11 is 0. The molecule has 0 aliphatic rings. The van der Waals surface area contributed by atoms with Gasteiger partial charge in [0.2, 0.25) is 0 Å². The van der Waals surface area contributed by atoms with E-state index >= 15 is 0 Å². The molecule has 116 valence electrons. The number of hydrogen-bond acceptors (Lipinski definition) is 2. The molecule has 0 spiro atoms. The van der Waals surface area contributed by atoms with E-state index in [-0.39, 0.29) is 0 Å². The Balaban J connectivity index is 2.00. The van der Waals surface area contributed by atoms with Gasteiger partial charge in [0.05, 0.1) is 7.11 Å². The van der Waals surface area contributed by atoms with Gasteiger partial charge in [0.15, 0.2) is 0 Å². The van der Waals surface area contributed by atoms with Gasteiger partial charge >= 0.3 is 0 Å². The fourth-order valence-corrected chi connectivity index (χ4v) is 2.76. The lowest BCUT2D eigenvalue weighted by atomic mass is 9.96. The monoisotopic (exact) mass is 304 g/mol. The molecule has 3 aromatic rings. The molecule has 2 heteroatoms. The molecule has 0 aliphatic heterocycles. The quantitative estimate of drug-likeness (QED) is 0.753. The highest BCUT2D eigenvalue weighted by Crippen LogP contribution is 2.34. The van der Waals surface area contributed by atoms with Gasteiger partial charge in [0.1, 0.15) is 11.9 Å². The minimum Gasteiger partial charge on any atom is -0.496 e. The van der Waals surface area contributed by atoms with Crippen molar-refractivity contribution in [1.82, 2.24) is 0 Å². The number of methoxy groups -OCH3 is 1. The highest BCUT2D eigenvalue weighted by Gasteiger charge is 2.14. The molecule has 3 rings (SSSR count). The van der Waals surface area contributed by atoms with Gasteiger partial charge in [0.25, 0.3) is 0 Å². The third-order valence-electron chi connectivity index (χ3n) is 3.99. The van der Waals surface area contributed by atoms with Crippen LogP contribution in [0.4, 0.5) is 0 Å². The molecule has 0 saturated carbocycles. The molecule has 2 nitrogen and oxygen atoms in total. The van der Waals surface area contributed by atoms with E-state index in [2.05, 4.69) is 25.1 Å². The predicted octanol–water partition coefficient (Wildman–Crippen LogP) is 4.75. The van der Waals surface area contributed by atoms with Crippen LogP contribution in [0.2, 0.25) is 0 Å². The van der Waals surface area contributed by atoms with E-state index < -0.39 is 6.10 Å². The molecule has 1 unspecified atom stereocenters. The molecule has 0 aliphatic carbocycles. The van der Waals surface area contributed by atoms with Crippen molar-refractivity contribution in [2.75, 3.05) is 7.11 Å². The number of aliphatic hydroxyl groups excluding tert-OH is 1. The minimum absolute atomic E-state index is 0.656. The minimum atomic E-state index is -0.656. The van der Waals surface area contributed by atoms with Crippen LogP contribution < -0.4 is 4.74 Å². The van der Waals surface area contributed by atoms with E-state index in [4.69, 9.17) is 4.74 Å². The van der Waals surface area contributed by atoms with Gasteiger partial charge in [-0.2, -0.15) is 0 Å². The van der Waals surface area contributed by atoms with Crippen molar-refractivity contribution in [2.24, 2.45) is 0 Å². The number of ether oxygens (including phenoxy) is 1. The molecule has 1 atom stereocenters. The van der Waals surface area contributed by atoms with Crippen LogP contribution >= 0.6 is 0 Å². The molecule has 0 saturated heterocycles. The van der Waals surface area contributed by atoms with Crippen LogP contribution in [-0.2, 0) is 0 Å². The van der Waals surface area contributed by atoms with Gasteiger partial charge in [-0.15, -0.1) is 0 Å². The molecular formula is C21H20O2. The van der Waals surface area contributed by atoms with Crippen molar-refractivity contribution in [3.05, 3.63) is 89.5 Å². The first-order chi connectivity index (χ1) is 11.2. The van der Waals surface area contributed by atoms with Crippen LogP contribution in [0.25, 0.3) is 11.1 Å². The van der Waals surface area contributed by atoms with Crippen molar-refractivity contribution in [3.8, 4) is 16.9 Å². The van der Waals surface area contributed by atoms with Crippen molar-refractivity contribution in [2.45, 2.75) is 13.0 Å². The lowest BCUT2D eigenvalue weighted by Crippen LogP contribution is -2.00. The second-order valence-corrected chi connectivity index (χ2v) is 5.64. The molecule has 0 bridgehead atoms. The Hall–Kier alpha value is -2.58. The Morgan fingerprint density at radius 2 is 1.61 bits per heavy atom. The smallest absolute Gasteiger partial charge is 0.127 e. The van der Waals surface area contributed by atoms with Crippen LogP contribution in [0.3, 0.4) is 0 Å². The largest absolute Gasteiger partial charge is 0.496 e. The van der Waals surface area contributed by atoms with Gasteiger partial charge in [-0.05, 0) is 29.7 Å². The third kappa shape index (κ3) is 3.27. The summed E-state index contributed by atoms with van der Waals surface area (Å²) in [6.07, 6.45) is -0.656. The number of hydrogen-bond donors (Lipinski definition) is 1. The second kappa shape index (κ2) is 6.67. The Kier molecular flexibility index (Phi) is 4.45. The molecule has 0 fully saturated rings. The number of aliphatic hydroxyl groups is 1. The van der Waals surface area contributed by atoms with Gasteiger partial charge in [0, 0.05) is 5.56 Å². The van der Waals surface area contributed by atoms with E-state index in [1.807, 2.05) is 54.6 Å². The molecular weight excluding hydrogens is 284 g/mol. The first kappa shape index (κ1) is 15.3. The van der Waals surface area contributed by atoms with Crippen LogP contribution in [0.1, 0.15) is 22.8 Å². The predicted molar refractivity (Wildman–Crippen MR) is 93.7 cm³/mol. The highest BCUT2D eigenvalue weighted by atomic mass is 16.5. The first-order valence-electron chi connectivity index (χ1n) is 7.67. The zero-order chi connectivity index (χ0) is 16.2. The van der Waals surface area contributed by atoms with Gasteiger partial charge in [-0.1, -0.05) is 72.3 Å². The summed E-state index contributed by atoms with van der Waals surface area (Å²) in [5.41, 5.74) is 5.04. The normalized spacial score (nSPS) is 12.0. The average Bonchev–Trinajstić information content (AvgIpc) is 2.61. The first-order valence-corrected chi connectivity index (χ1v) is 7.67. The van der Waals surface area contributed by atoms with E-state index in [9.17, 15) is 5.11 Å². The third-order valence-corrected chi connectivity index (χ3v) is 3.99. The van der Waals surface area contributed by atoms with Gasteiger partial charge in [-0.25, -0.2) is 0 Å². The Morgan fingerprint density at radius 1 is 0.826 bits per heavy atom. The summed E-state index contributed by atoms with van der Waals surface area (Å²) in [5.74, 6) is 0.767. The summed E-state index contributed by atoms with van der Waals surface area (Å²) in [4.78, 5) is 0. The maximum atomic E-state index is 10.6. The molecule has 0 aromatic heterocycles. The van der Waals surface area contributed by atoms with Crippen molar-refractivity contribution in [3.63, 3.8) is 0 Å². The molecule has 1 N–H and O–H groups in total. The number of rotatable bonds is 4. The maximum Gasteiger partial charge on any atom is 0.127 e. The van der Waals surface area contributed by atoms with E-state index in [1.54, 1.807) is 7.11 Å². The number of aryl methyl sites for hydroxylation is 1. The fourth-order valence-electron chi connectivity index (χ4n) is 2.76. The summed E-state index contributed by atoms with van der Waals surface area (Å²) in [7, 11) is 1.66. The standard InChI is InChI=1S/C21H20O2/c1-15-7-6-10-17(13-15)19-12-11-18(14-20(19)23-2)21(22)16-8-4-3-5-9-16/h3-14,21-22H,1-2H3. The lowest BCUT2D eigenvalue weighted by molar-refractivity contribution is 0.220. The molecule has 3 aromatic carbocycles. The summed E-state index contributed by atoms with van der Waals surface area (Å²) in [6, 6.07) is 23.8. The van der Waals surface area contributed by atoms with Crippen molar-refractivity contribution < 1.29 is 9.84 Å². The average molecular weight is 304 g/mol. The van der Waals surface area contributed by atoms with E-state index in [0.717, 1.165) is 28.0 Å². The SMILES string of the molecule is COc1cc(C(O)c2ccccc2)ccc1-c1cccc(C)c1. The molecule has 0 amide bonds. The Labute approximate surface area is 137 Å². The van der Waals surface area contributed by atoms with E-state index in [0.29, 0.717) is 0 Å². The number of benzene rings is 3. The fraction of sp³-hybridized carbons (Fsp3) is 0.143. The van der Waals surface area contributed by atoms with Gasteiger partial charge in [-0.3, -0.25) is 0 Å². The zero-order valence-corrected chi connectivity index (χ0v) is 13.4. The highest BCUT2D eigenvalue weighted by molar-refractivity contribution is 5.71. The summed E-state index contributed by atoms with van der Waals surface area (Å²) < 4.78 is 5.56.